The van der Waals surface area contributed by atoms with Crippen LogP contribution in [0.1, 0.15) is 11.1 Å². The van der Waals surface area contributed by atoms with Crippen molar-refractivity contribution >= 4 is 10.9 Å². The van der Waals surface area contributed by atoms with Crippen LogP contribution in [0.3, 0.4) is 0 Å². The summed E-state index contributed by atoms with van der Waals surface area (Å²) in [4.78, 5) is 17.6. The summed E-state index contributed by atoms with van der Waals surface area (Å²) in [5.41, 5.74) is 3.21. The van der Waals surface area contributed by atoms with Crippen molar-refractivity contribution < 1.29 is 14.2 Å². The summed E-state index contributed by atoms with van der Waals surface area (Å²) in [6.07, 6.45) is 5.16. The molecular weight excluding hydrogens is 384 g/mol. The van der Waals surface area contributed by atoms with E-state index in [1.165, 1.54) is 32.2 Å². The van der Waals surface area contributed by atoms with Crippen molar-refractivity contribution in [1.29, 1.82) is 0 Å². The number of aromatic nitrogens is 4. The fourth-order valence-electron chi connectivity index (χ4n) is 3.47. The molecule has 0 saturated heterocycles. The zero-order valence-corrected chi connectivity index (χ0v) is 17.2. The number of fused-ring (bicyclic) bond motifs is 1. The van der Waals surface area contributed by atoms with Gasteiger partial charge in [0, 0.05) is 11.8 Å². The number of rotatable bonds is 6. The first-order valence-corrected chi connectivity index (χ1v) is 9.35. The van der Waals surface area contributed by atoms with Crippen LogP contribution in [-0.2, 0) is 6.54 Å². The number of methoxy groups -OCH3 is 3. The topological polar surface area (TPSA) is 80.4 Å². The van der Waals surface area contributed by atoms with Crippen molar-refractivity contribution in [1.82, 2.24) is 19.3 Å². The van der Waals surface area contributed by atoms with Gasteiger partial charge < -0.3 is 14.2 Å². The number of aryl methyl sites for hydroxylation is 1. The molecule has 0 aliphatic heterocycles. The Bertz CT molecular complexity index is 1280. The van der Waals surface area contributed by atoms with Gasteiger partial charge in [-0.2, -0.15) is 5.10 Å². The zero-order chi connectivity index (χ0) is 21.3. The zero-order valence-electron chi connectivity index (χ0n) is 17.2. The van der Waals surface area contributed by atoms with Crippen LogP contribution >= 0.6 is 0 Å². The molecule has 0 aliphatic carbocycles. The number of hydrogen-bond donors (Lipinski definition) is 0. The van der Waals surface area contributed by atoms with Crippen LogP contribution < -0.4 is 19.8 Å². The molecule has 2 aromatic carbocycles. The predicted molar refractivity (Wildman–Crippen MR) is 113 cm³/mol. The monoisotopic (exact) mass is 406 g/mol. The summed E-state index contributed by atoms with van der Waals surface area (Å²) >= 11 is 0. The van der Waals surface area contributed by atoms with Crippen molar-refractivity contribution in [3.63, 3.8) is 0 Å². The summed E-state index contributed by atoms with van der Waals surface area (Å²) < 4.78 is 19.5. The van der Waals surface area contributed by atoms with Gasteiger partial charge in [-0.1, -0.05) is 18.2 Å². The first-order chi connectivity index (χ1) is 14.6. The van der Waals surface area contributed by atoms with E-state index in [2.05, 4.69) is 10.1 Å². The third kappa shape index (κ3) is 3.26. The van der Waals surface area contributed by atoms with E-state index in [0.717, 1.165) is 16.8 Å². The van der Waals surface area contributed by atoms with Crippen LogP contribution in [0, 0.1) is 6.92 Å². The Morgan fingerprint density at radius 3 is 2.50 bits per heavy atom. The van der Waals surface area contributed by atoms with Crippen LogP contribution in [0.15, 0.2) is 53.8 Å². The molecule has 0 bridgehead atoms. The highest BCUT2D eigenvalue weighted by Gasteiger charge is 2.19. The molecule has 0 aliphatic rings. The number of nitrogens with zero attached hydrogens (tertiary/aromatic N) is 4. The van der Waals surface area contributed by atoms with Crippen molar-refractivity contribution in [3.8, 4) is 22.9 Å². The van der Waals surface area contributed by atoms with E-state index < -0.39 is 0 Å². The fraction of sp³-hybridized carbons (Fsp3) is 0.227. The Kier molecular flexibility index (Phi) is 5.14. The minimum atomic E-state index is -0.206. The summed E-state index contributed by atoms with van der Waals surface area (Å²) in [6.45, 7) is 2.37. The second-order valence-corrected chi connectivity index (χ2v) is 6.80. The van der Waals surface area contributed by atoms with Gasteiger partial charge in [0.1, 0.15) is 5.52 Å². The molecule has 0 saturated carbocycles. The fourth-order valence-corrected chi connectivity index (χ4v) is 3.47. The highest BCUT2D eigenvalue weighted by molar-refractivity contribution is 5.89. The lowest BCUT2D eigenvalue weighted by atomic mass is 10.2. The molecule has 0 fully saturated rings. The highest BCUT2D eigenvalue weighted by atomic mass is 16.5. The van der Waals surface area contributed by atoms with Crippen molar-refractivity contribution in [2.75, 3.05) is 21.3 Å². The van der Waals surface area contributed by atoms with Gasteiger partial charge >= 0.3 is 0 Å². The van der Waals surface area contributed by atoms with E-state index in [0.29, 0.717) is 34.7 Å². The van der Waals surface area contributed by atoms with Crippen LogP contribution in [0.2, 0.25) is 0 Å². The summed E-state index contributed by atoms with van der Waals surface area (Å²) in [7, 11) is 4.53. The molecule has 2 aromatic heterocycles. The molecule has 30 heavy (non-hydrogen) atoms. The van der Waals surface area contributed by atoms with Crippen molar-refractivity contribution in [2.45, 2.75) is 13.5 Å². The molecule has 0 spiro atoms. The quantitative estimate of drug-likeness (QED) is 0.490. The van der Waals surface area contributed by atoms with E-state index in [9.17, 15) is 4.79 Å². The molecule has 0 unspecified atom stereocenters. The average Bonchev–Trinajstić information content (AvgIpc) is 3.23. The van der Waals surface area contributed by atoms with E-state index >= 15 is 0 Å². The predicted octanol–water partition coefficient (Wildman–Crippen LogP) is 2.96. The Balaban J connectivity index is 1.75. The lowest BCUT2D eigenvalue weighted by Crippen LogP contribution is -2.21. The van der Waals surface area contributed by atoms with E-state index in [1.807, 2.05) is 37.4 Å². The maximum atomic E-state index is 13.1. The molecular formula is C22H22N4O4. The largest absolute Gasteiger partial charge is 0.493 e. The molecule has 154 valence electrons. The molecule has 2 heterocycles. The second kappa shape index (κ2) is 7.90. The molecule has 4 aromatic rings. The molecule has 0 amide bonds. The lowest BCUT2D eigenvalue weighted by molar-refractivity contribution is 0.326. The van der Waals surface area contributed by atoms with Gasteiger partial charge in [0.15, 0.2) is 11.5 Å². The first kappa shape index (κ1) is 19.5. The number of ether oxygens (including phenoxy) is 3. The first-order valence-electron chi connectivity index (χ1n) is 9.35. The summed E-state index contributed by atoms with van der Waals surface area (Å²) in [5.74, 6) is 1.17. The molecule has 8 heteroatoms. The third-order valence-corrected chi connectivity index (χ3v) is 4.97. The normalized spacial score (nSPS) is 10.9. The van der Waals surface area contributed by atoms with Crippen LogP contribution in [0.4, 0.5) is 0 Å². The standard InChI is InChI=1S/C22H22N4O4/c1-14-7-5-6-8-17(14)26-12-15(10-24-26)11-25-13-23-19-16(22(25)27)9-18(28-2)20(29-3)21(19)30-4/h5-10,12-13H,11H2,1-4H3. The van der Waals surface area contributed by atoms with Crippen LogP contribution in [-0.4, -0.2) is 40.7 Å². The van der Waals surface area contributed by atoms with Crippen molar-refractivity contribution in [3.05, 3.63) is 70.5 Å². The van der Waals surface area contributed by atoms with Gasteiger partial charge in [0.05, 0.1) is 51.5 Å². The summed E-state index contributed by atoms with van der Waals surface area (Å²) in [5, 5.41) is 4.82. The van der Waals surface area contributed by atoms with Gasteiger partial charge in [-0.25, -0.2) is 9.67 Å². The van der Waals surface area contributed by atoms with Gasteiger partial charge in [-0.3, -0.25) is 9.36 Å². The lowest BCUT2D eigenvalue weighted by Gasteiger charge is -2.14. The van der Waals surface area contributed by atoms with Crippen LogP contribution in [0.25, 0.3) is 16.6 Å². The second-order valence-electron chi connectivity index (χ2n) is 6.80. The molecule has 0 radical (unpaired) electrons. The Labute approximate surface area is 173 Å². The van der Waals surface area contributed by atoms with Crippen LogP contribution in [0.5, 0.6) is 17.2 Å². The minimum Gasteiger partial charge on any atom is -0.493 e. The number of para-hydroxylation sites is 1. The van der Waals surface area contributed by atoms with E-state index in [-0.39, 0.29) is 5.56 Å². The maximum absolute atomic E-state index is 13.1. The SMILES string of the molecule is COc1cc2c(=O)n(Cc3cnn(-c4ccccc4C)c3)cnc2c(OC)c1OC. The molecule has 4 rings (SSSR count). The molecule has 0 N–H and O–H groups in total. The minimum absolute atomic E-state index is 0.206. The number of benzene rings is 2. The van der Waals surface area contributed by atoms with E-state index in [1.54, 1.807) is 16.9 Å². The maximum Gasteiger partial charge on any atom is 0.261 e. The Hall–Kier alpha value is -3.81. The van der Waals surface area contributed by atoms with Gasteiger partial charge in [-0.15, -0.1) is 0 Å². The molecule has 8 nitrogen and oxygen atoms in total. The summed E-state index contributed by atoms with van der Waals surface area (Å²) in [6, 6.07) is 9.61. The Morgan fingerprint density at radius 2 is 1.80 bits per heavy atom. The smallest absolute Gasteiger partial charge is 0.261 e. The number of hydrogen-bond acceptors (Lipinski definition) is 6. The highest BCUT2D eigenvalue weighted by Crippen LogP contribution is 2.41. The Morgan fingerprint density at radius 1 is 1.03 bits per heavy atom. The van der Waals surface area contributed by atoms with Gasteiger partial charge in [0.2, 0.25) is 5.75 Å². The van der Waals surface area contributed by atoms with E-state index in [4.69, 9.17) is 14.2 Å². The third-order valence-electron chi connectivity index (χ3n) is 4.97. The average molecular weight is 406 g/mol. The van der Waals surface area contributed by atoms with Gasteiger partial charge in [0.25, 0.3) is 5.56 Å². The van der Waals surface area contributed by atoms with Gasteiger partial charge in [-0.05, 0) is 24.6 Å². The van der Waals surface area contributed by atoms with Crippen molar-refractivity contribution in [2.24, 2.45) is 0 Å². The molecule has 0 atom stereocenters.